The number of aryl methyl sites for hydroxylation is 1. The van der Waals surface area contributed by atoms with Crippen molar-refractivity contribution >= 4 is 15.9 Å². The summed E-state index contributed by atoms with van der Waals surface area (Å²) in [6.45, 7) is 2.04. The van der Waals surface area contributed by atoms with Crippen LogP contribution in [0.3, 0.4) is 0 Å². The fourth-order valence-electron chi connectivity index (χ4n) is 3.14. The molecule has 168 valence electrons. The molecule has 1 atom stereocenters. The zero-order valence-corrected chi connectivity index (χ0v) is 18.8. The van der Waals surface area contributed by atoms with E-state index in [1.54, 1.807) is 12.1 Å². The minimum atomic E-state index is -3.64. The van der Waals surface area contributed by atoms with E-state index >= 15 is 0 Å². The third-order valence-electron chi connectivity index (χ3n) is 4.93. The molecule has 0 spiro atoms. The van der Waals surface area contributed by atoms with Gasteiger partial charge in [-0.1, -0.05) is 60.7 Å². The van der Waals surface area contributed by atoms with E-state index in [1.165, 1.54) is 17.7 Å². The van der Waals surface area contributed by atoms with Crippen LogP contribution in [-0.4, -0.2) is 27.0 Å². The predicted octanol–water partition coefficient (Wildman–Crippen LogP) is 3.68. The summed E-state index contributed by atoms with van der Waals surface area (Å²) in [4.78, 5) is 12.3. The summed E-state index contributed by atoms with van der Waals surface area (Å²) in [7, 11) is -3.64. The Morgan fingerprint density at radius 1 is 0.875 bits per heavy atom. The van der Waals surface area contributed by atoms with Crippen LogP contribution in [0, 0.1) is 0 Å². The van der Waals surface area contributed by atoms with E-state index in [-0.39, 0.29) is 30.0 Å². The molecule has 7 heteroatoms. The molecule has 0 heterocycles. The molecular formula is C25H28N2O4S. The van der Waals surface area contributed by atoms with Crippen molar-refractivity contribution in [2.45, 2.75) is 37.2 Å². The molecular weight excluding hydrogens is 424 g/mol. The minimum Gasteiger partial charge on any atom is -0.484 e. The first-order valence-corrected chi connectivity index (χ1v) is 12.0. The maximum Gasteiger partial charge on any atom is 0.258 e. The highest BCUT2D eigenvalue weighted by molar-refractivity contribution is 7.89. The highest BCUT2D eigenvalue weighted by Gasteiger charge is 2.14. The summed E-state index contributed by atoms with van der Waals surface area (Å²) >= 11 is 0. The van der Waals surface area contributed by atoms with Gasteiger partial charge in [-0.15, -0.1) is 0 Å². The van der Waals surface area contributed by atoms with Crippen LogP contribution in [0.15, 0.2) is 89.8 Å². The van der Waals surface area contributed by atoms with Gasteiger partial charge in [0.1, 0.15) is 5.75 Å². The summed E-state index contributed by atoms with van der Waals surface area (Å²) in [5, 5.41) is 2.92. The van der Waals surface area contributed by atoms with Crippen molar-refractivity contribution in [3.63, 3.8) is 0 Å². The van der Waals surface area contributed by atoms with E-state index < -0.39 is 10.0 Å². The van der Waals surface area contributed by atoms with Crippen molar-refractivity contribution in [3.05, 3.63) is 96.1 Å². The van der Waals surface area contributed by atoms with Gasteiger partial charge in [-0.05, 0) is 55.2 Å². The molecule has 3 aromatic rings. The Hall–Kier alpha value is -3.16. The Bertz CT molecular complexity index is 1090. The lowest BCUT2D eigenvalue weighted by atomic mass is 10.1. The molecule has 0 fully saturated rings. The van der Waals surface area contributed by atoms with Crippen molar-refractivity contribution < 1.29 is 17.9 Å². The van der Waals surface area contributed by atoms with Crippen LogP contribution in [0.5, 0.6) is 5.75 Å². The maximum atomic E-state index is 12.5. The monoisotopic (exact) mass is 452 g/mol. The number of nitrogens with one attached hydrogen (secondary N) is 2. The second-order valence-corrected chi connectivity index (χ2v) is 9.33. The molecule has 3 rings (SSSR count). The SMILES string of the molecule is C[C@H](CCc1ccccc1)NC(=O)COc1ccc(S(=O)(=O)NCc2ccccc2)cc1. The molecule has 0 bridgehead atoms. The molecule has 0 radical (unpaired) electrons. The Labute approximate surface area is 189 Å². The first-order valence-electron chi connectivity index (χ1n) is 10.5. The van der Waals surface area contributed by atoms with Gasteiger partial charge < -0.3 is 10.1 Å². The van der Waals surface area contributed by atoms with Crippen molar-refractivity contribution in [3.8, 4) is 5.75 Å². The average molecular weight is 453 g/mol. The number of sulfonamides is 1. The number of hydrogen-bond acceptors (Lipinski definition) is 4. The molecule has 0 aromatic heterocycles. The molecule has 0 saturated heterocycles. The van der Waals surface area contributed by atoms with Crippen molar-refractivity contribution in [2.75, 3.05) is 6.61 Å². The molecule has 0 saturated carbocycles. The highest BCUT2D eigenvalue weighted by atomic mass is 32.2. The Morgan fingerprint density at radius 2 is 1.47 bits per heavy atom. The normalized spacial score (nSPS) is 12.2. The summed E-state index contributed by atoms with van der Waals surface area (Å²) in [5.41, 5.74) is 2.11. The largest absolute Gasteiger partial charge is 0.484 e. The number of rotatable bonds is 11. The number of carbonyl (C=O) groups is 1. The van der Waals surface area contributed by atoms with Gasteiger partial charge in [0.25, 0.3) is 5.91 Å². The summed E-state index contributed by atoms with van der Waals surface area (Å²) in [6, 6.07) is 25.5. The first-order chi connectivity index (χ1) is 15.4. The maximum absolute atomic E-state index is 12.5. The Kier molecular flexibility index (Phi) is 8.41. The van der Waals surface area contributed by atoms with Crippen LogP contribution in [0.4, 0.5) is 0 Å². The zero-order valence-electron chi connectivity index (χ0n) is 18.0. The standard InChI is InChI=1S/C25H28N2O4S/c1-20(12-13-21-8-4-2-5-9-21)27-25(28)19-31-23-14-16-24(17-15-23)32(29,30)26-18-22-10-6-3-7-11-22/h2-11,14-17,20,26H,12-13,18-19H2,1H3,(H,27,28)/t20-/m1/s1. The predicted molar refractivity (Wildman–Crippen MR) is 125 cm³/mol. The average Bonchev–Trinajstić information content (AvgIpc) is 2.82. The Morgan fingerprint density at radius 3 is 2.09 bits per heavy atom. The van der Waals surface area contributed by atoms with Gasteiger partial charge in [-0.3, -0.25) is 4.79 Å². The van der Waals surface area contributed by atoms with Gasteiger partial charge in [-0.2, -0.15) is 0 Å². The zero-order chi connectivity index (χ0) is 22.8. The van der Waals surface area contributed by atoms with Gasteiger partial charge >= 0.3 is 0 Å². The van der Waals surface area contributed by atoms with E-state index in [4.69, 9.17) is 4.74 Å². The van der Waals surface area contributed by atoms with Crippen LogP contribution >= 0.6 is 0 Å². The molecule has 32 heavy (non-hydrogen) atoms. The number of amides is 1. The number of carbonyl (C=O) groups excluding carboxylic acids is 1. The number of hydrogen-bond donors (Lipinski definition) is 2. The number of ether oxygens (including phenoxy) is 1. The van der Waals surface area contributed by atoms with Crippen LogP contribution in [0.25, 0.3) is 0 Å². The molecule has 2 N–H and O–H groups in total. The highest BCUT2D eigenvalue weighted by Crippen LogP contribution is 2.16. The Balaban J connectivity index is 1.43. The lowest BCUT2D eigenvalue weighted by molar-refractivity contribution is -0.123. The fourth-order valence-corrected chi connectivity index (χ4v) is 4.16. The summed E-state index contributed by atoms with van der Waals surface area (Å²) in [6.07, 6.45) is 1.72. The van der Waals surface area contributed by atoms with Gasteiger partial charge in [0.15, 0.2) is 6.61 Å². The second kappa shape index (κ2) is 11.5. The first kappa shape index (κ1) is 23.5. The number of benzene rings is 3. The van der Waals surface area contributed by atoms with Crippen LogP contribution in [0.1, 0.15) is 24.5 Å². The van der Waals surface area contributed by atoms with Crippen molar-refractivity contribution in [1.82, 2.24) is 10.0 Å². The third-order valence-corrected chi connectivity index (χ3v) is 6.35. The molecule has 0 unspecified atom stereocenters. The molecule has 3 aromatic carbocycles. The van der Waals surface area contributed by atoms with Crippen LogP contribution in [0.2, 0.25) is 0 Å². The van der Waals surface area contributed by atoms with Gasteiger partial charge in [0.05, 0.1) is 4.90 Å². The summed E-state index contributed by atoms with van der Waals surface area (Å²) in [5.74, 6) is 0.214. The van der Waals surface area contributed by atoms with E-state index in [1.807, 2.05) is 55.5 Å². The van der Waals surface area contributed by atoms with Gasteiger partial charge in [0, 0.05) is 12.6 Å². The van der Waals surface area contributed by atoms with Crippen molar-refractivity contribution in [1.29, 1.82) is 0 Å². The molecule has 1 amide bonds. The molecule has 0 aliphatic carbocycles. The van der Waals surface area contributed by atoms with E-state index in [2.05, 4.69) is 22.2 Å². The van der Waals surface area contributed by atoms with E-state index in [0.29, 0.717) is 5.75 Å². The smallest absolute Gasteiger partial charge is 0.258 e. The van der Waals surface area contributed by atoms with Crippen molar-refractivity contribution in [2.24, 2.45) is 0 Å². The minimum absolute atomic E-state index is 0.0227. The lowest BCUT2D eigenvalue weighted by Crippen LogP contribution is -2.36. The second-order valence-electron chi connectivity index (χ2n) is 7.56. The third kappa shape index (κ3) is 7.51. The molecule has 0 aliphatic rings. The van der Waals surface area contributed by atoms with Crippen LogP contribution < -0.4 is 14.8 Å². The van der Waals surface area contributed by atoms with Gasteiger partial charge in [0.2, 0.25) is 10.0 Å². The van der Waals surface area contributed by atoms with Crippen LogP contribution in [-0.2, 0) is 27.8 Å². The summed E-state index contributed by atoms with van der Waals surface area (Å²) < 4.78 is 33.0. The van der Waals surface area contributed by atoms with E-state index in [9.17, 15) is 13.2 Å². The van der Waals surface area contributed by atoms with Gasteiger partial charge in [-0.25, -0.2) is 13.1 Å². The fraction of sp³-hybridized carbons (Fsp3) is 0.240. The molecule has 6 nitrogen and oxygen atoms in total. The topological polar surface area (TPSA) is 84.5 Å². The van der Waals surface area contributed by atoms with E-state index in [0.717, 1.165) is 18.4 Å². The quantitative estimate of drug-likeness (QED) is 0.465. The lowest BCUT2D eigenvalue weighted by Gasteiger charge is -2.14. The molecule has 0 aliphatic heterocycles.